The van der Waals surface area contributed by atoms with Crippen LogP contribution in [0.2, 0.25) is 0 Å². The number of carbonyl (C=O) groups excluding carboxylic acids is 1. The number of hydrogen-bond acceptors (Lipinski definition) is 6. The molecule has 0 fully saturated rings. The number of aromatic nitrogens is 3. The van der Waals surface area contributed by atoms with Gasteiger partial charge in [0.25, 0.3) is 11.5 Å². The minimum absolute atomic E-state index is 0.133. The maximum Gasteiger partial charge on any atom is 0.431 e. The normalized spacial score (nSPS) is 11.4. The quantitative estimate of drug-likeness (QED) is 0.672. The monoisotopic (exact) mass is 410 g/mol. The smallest absolute Gasteiger partial charge is 0.431 e. The van der Waals surface area contributed by atoms with Gasteiger partial charge in [-0.05, 0) is 42.2 Å². The van der Waals surface area contributed by atoms with Gasteiger partial charge < -0.3 is 15.5 Å². The average molecular weight is 410 g/mol. The number of halogens is 3. The molecule has 0 aliphatic heterocycles. The molecule has 0 spiro atoms. The lowest BCUT2D eigenvalue weighted by atomic mass is 10.0. The number of benzene rings is 1. The summed E-state index contributed by atoms with van der Waals surface area (Å²) in [7, 11) is 0. The van der Waals surface area contributed by atoms with Crippen LogP contribution in [0.25, 0.3) is 11.1 Å². The van der Waals surface area contributed by atoms with Gasteiger partial charge in [-0.2, -0.15) is 13.2 Å². The number of amides is 1. The minimum atomic E-state index is -4.82. The Morgan fingerprint density at radius 1 is 1.29 bits per heavy atom. The molecule has 3 aromatic rings. The van der Waals surface area contributed by atoms with Crippen LogP contribution < -0.4 is 16.0 Å². The molecule has 2 aromatic heterocycles. The van der Waals surface area contributed by atoms with Crippen LogP contribution in [-0.4, -0.2) is 20.5 Å². The molecular weight excluding hydrogens is 397 g/mol. The van der Waals surface area contributed by atoms with Gasteiger partial charge in [0, 0.05) is 5.56 Å². The summed E-state index contributed by atoms with van der Waals surface area (Å²) in [5.41, 5.74) is 2.56. The molecule has 11 heteroatoms. The third-order valence-corrected chi connectivity index (χ3v) is 4.67. The number of alkyl halides is 3. The van der Waals surface area contributed by atoms with Crippen LogP contribution in [0.15, 0.2) is 35.1 Å². The summed E-state index contributed by atoms with van der Waals surface area (Å²) in [6.07, 6.45) is -4.82. The first-order chi connectivity index (χ1) is 13.2. The van der Waals surface area contributed by atoms with Gasteiger partial charge in [-0.3, -0.25) is 9.59 Å². The van der Waals surface area contributed by atoms with E-state index in [2.05, 4.69) is 9.59 Å². The molecule has 146 valence electrons. The number of nitrogens with one attached hydrogen (secondary N) is 1. The van der Waals surface area contributed by atoms with E-state index in [1.54, 1.807) is 11.9 Å². The van der Waals surface area contributed by atoms with Crippen molar-refractivity contribution in [3.05, 3.63) is 62.5 Å². The van der Waals surface area contributed by atoms with Gasteiger partial charge in [0.1, 0.15) is 23.6 Å². The van der Waals surface area contributed by atoms with Crippen molar-refractivity contribution in [1.29, 1.82) is 0 Å². The molecule has 0 unspecified atom stereocenters. The molecule has 3 N–H and O–H groups in total. The first kappa shape index (κ1) is 19.5. The zero-order valence-corrected chi connectivity index (χ0v) is 15.1. The van der Waals surface area contributed by atoms with Crippen molar-refractivity contribution in [2.45, 2.75) is 19.7 Å². The number of pyridine rings is 1. The highest BCUT2D eigenvalue weighted by molar-refractivity contribution is 7.05. The highest BCUT2D eigenvalue weighted by atomic mass is 32.1. The van der Waals surface area contributed by atoms with Crippen LogP contribution in [0.5, 0.6) is 5.75 Å². The summed E-state index contributed by atoms with van der Waals surface area (Å²) in [6.45, 7) is 2.01. The van der Waals surface area contributed by atoms with Crippen molar-refractivity contribution in [3.63, 3.8) is 0 Å². The molecule has 1 aromatic carbocycles. The summed E-state index contributed by atoms with van der Waals surface area (Å²) < 4.78 is 49.3. The Morgan fingerprint density at radius 3 is 2.50 bits per heavy atom. The molecule has 0 saturated heterocycles. The second-order valence-corrected chi connectivity index (χ2v) is 6.60. The van der Waals surface area contributed by atoms with Gasteiger partial charge in [0.15, 0.2) is 0 Å². The van der Waals surface area contributed by atoms with Crippen LogP contribution in [0.4, 0.5) is 13.2 Å². The fraction of sp³-hybridized carbons (Fsp3) is 0.176. The fourth-order valence-corrected chi connectivity index (χ4v) is 2.97. The number of aryl methyl sites for hydroxylation is 1. The Kier molecular flexibility index (Phi) is 5.18. The Hall–Kier alpha value is -3.21. The molecule has 0 aliphatic carbocycles. The summed E-state index contributed by atoms with van der Waals surface area (Å²) >= 11 is 1.19. The molecule has 0 saturated carbocycles. The van der Waals surface area contributed by atoms with Crippen molar-refractivity contribution in [2.24, 2.45) is 5.73 Å². The van der Waals surface area contributed by atoms with Gasteiger partial charge in [-0.25, -0.2) is 0 Å². The van der Waals surface area contributed by atoms with Crippen molar-refractivity contribution in [1.82, 2.24) is 14.6 Å². The third kappa shape index (κ3) is 4.03. The number of rotatable bonds is 5. The number of H-pyrrole nitrogens is 1. The second-order valence-electron chi connectivity index (χ2n) is 5.76. The maximum atomic E-state index is 13.3. The lowest BCUT2D eigenvalue weighted by Crippen LogP contribution is -2.27. The van der Waals surface area contributed by atoms with E-state index >= 15 is 0 Å². The molecule has 0 atom stereocenters. The van der Waals surface area contributed by atoms with E-state index in [-0.39, 0.29) is 17.7 Å². The van der Waals surface area contributed by atoms with Crippen LogP contribution >= 0.6 is 11.5 Å². The predicted molar refractivity (Wildman–Crippen MR) is 95.0 cm³/mol. The Balaban J connectivity index is 1.94. The van der Waals surface area contributed by atoms with E-state index in [1.165, 1.54) is 35.8 Å². The average Bonchev–Trinajstić information content (AvgIpc) is 3.04. The van der Waals surface area contributed by atoms with E-state index < -0.39 is 28.9 Å². The minimum Gasteiger partial charge on any atom is -0.488 e. The van der Waals surface area contributed by atoms with E-state index in [1.807, 2.05) is 0 Å². The lowest BCUT2D eigenvalue weighted by Gasteiger charge is -2.14. The fourth-order valence-electron chi connectivity index (χ4n) is 2.43. The number of nitrogens with zero attached hydrogens (tertiary/aromatic N) is 2. The van der Waals surface area contributed by atoms with Crippen LogP contribution in [0, 0.1) is 6.92 Å². The molecule has 1 amide bonds. The first-order valence-electron chi connectivity index (χ1n) is 7.82. The van der Waals surface area contributed by atoms with Gasteiger partial charge in [-0.1, -0.05) is 16.6 Å². The van der Waals surface area contributed by atoms with Crippen molar-refractivity contribution < 1.29 is 22.7 Å². The second kappa shape index (κ2) is 7.43. The highest BCUT2D eigenvalue weighted by Crippen LogP contribution is 2.35. The lowest BCUT2D eigenvalue weighted by molar-refractivity contribution is -0.140. The zero-order valence-electron chi connectivity index (χ0n) is 14.3. The molecular formula is C17H13F3N4O3S. The van der Waals surface area contributed by atoms with Gasteiger partial charge in [0.05, 0.1) is 10.6 Å². The maximum absolute atomic E-state index is 13.3. The van der Waals surface area contributed by atoms with Gasteiger partial charge in [0.2, 0.25) is 0 Å². The summed E-state index contributed by atoms with van der Waals surface area (Å²) in [5.74, 6) is -0.700. The summed E-state index contributed by atoms with van der Waals surface area (Å²) in [6, 6.07) is 6.58. The van der Waals surface area contributed by atoms with Crippen molar-refractivity contribution in [2.75, 3.05) is 0 Å². The van der Waals surface area contributed by atoms with Crippen LogP contribution in [0.1, 0.15) is 26.6 Å². The number of hydrogen-bond donors (Lipinski definition) is 2. The van der Waals surface area contributed by atoms with Crippen LogP contribution in [-0.2, 0) is 12.8 Å². The van der Waals surface area contributed by atoms with E-state index in [0.29, 0.717) is 5.75 Å². The molecule has 28 heavy (non-hydrogen) atoms. The van der Waals surface area contributed by atoms with Crippen molar-refractivity contribution >= 4 is 17.4 Å². The summed E-state index contributed by atoms with van der Waals surface area (Å²) in [5, 5.41) is 3.86. The number of aromatic amines is 1. The number of nitrogens with two attached hydrogens (primary N) is 1. The van der Waals surface area contributed by atoms with E-state index in [9.17, 15) is 22.8 Å². The Bertz CT molecular complexity index is 1070. The highest BCUT2D eigenvalue weighted by Gasteiger charge is 2.36. The number of primary amides is 1. The SMILES string of the molecule is Cc1nnsc1COc1ccc(-c2cc(C(N)=O)c(=O)[nH]c2C(F)(F)F)cc1. The van der Waals surface area contributed by atoms with Gasteiger partial charge >= 0.3 is 6.18 Å². The topological polar surface area (TPSA) is 111 Å². The largest absolute Gasteiger partial charge is 0.488 e. The first-order valence-corrected chi connectivity index (χ1v) is 8.59. The Morgan fingerprint density at radius 2 is 1.96 bits per heavy atom. The molecule has 0 aliphatic rings. The molecule has 0 radical (unpaired) electrons. The summed E-state index contributed by atoms with van der Waals surface area (Å²) in [4.78, 5) is 25.6. The van der Waals surface area contributed by atoms with E-state index in [4.69, 9.17) is 10.5 Å². The standard InChI is InChI=1S/C17H13F3N4O3S/c1-8-13(28-24-23-8)7-27-10-4-2-9(3-5-10)11-6-12(15(21)25)16(26)22-14(11)17(18,19)20/h2-6H,7H2,1H3,(H2,21,25)(H,22,26). The number of ether oxygens (including phenoxy) is 1. The van der Waals surface area contributed by atoms with Gasteiger partial charge in [-0.15, -0.1) is 5.10 Å². The third-order valence-electron chi connectivity index (χ3n) is 3.87. The molecule has 0 bridgehead atoms. The van der Waals surface area contributed by atoms with Crippen LogP contribution in [0.3, 0.4) is 0 Å². The number of carbonyl (C=O) groups is 1. The Labute approximate surface area is 160 Å². The van der Waals surface area contributed by atoms with E-state index in [0.717, 1.165) is 16.6 Å². The molecule has 3 rings (SSSR count). The molecule has 2 heterocycles. The molecule has 7 nitrogen and oxygen atoms in total. The zero-order chi connectivity index (χ0) is 20.5. The van der Waals surface area contributed by atoms with Crippen molar-refractivity contribution in [3.8, 4) is 16.9 Å². The predicted octanol–water partition coefficient (Wildman–Crippen LogP) is 2.90.